The number of hydrogen-bond acceptors (Lipinski definition) is 6. The zero-order valence-corrected chi connectivity index (χ0v) is 12.0. The van der Waals surface area contributed by atoms with Crippen LogP contribution < -0.4 is 16.0 Å². The summed E-state index contributed by atoms with van der Waals surface area (Å²) in [6.45, 7) is 7.21. The van der Waals surface area contributed by atoms with Crippen LogP contribution in [0.25, 0.3) is 0 Å². The molecule has 0 aliphatic carbocycles. The summed E-state index contributed by atoms with van der Waals surface area (Å²) >= 11 is 0. The van der Waals surface area contributed by atoms with Crippen LogP contribution in [0.5, 0.6) is 0 Å². The van der Waals surface area contributed by atoms with Gasteiger partial charge < -0.3 is 20.4 Å². The van der Waals surface area contributed by atoms with Crippen LogP contribution in [0.1, 0.15) is 39.1 Å². The molecule has 0 bridgehead atoms. The van der Waals surface area contributed by atoms with Gasteiger partial charge in [-0.05, 0) is 19.9 Å². The molecule has 0 fully saturated rings. The maximum atomic E-state index is 11.5. The minimum Gasteiger partial charge on any atom is -0.406 e. The first-order chi connectivity index (χ1) is 9.02. The van der Waals surface area contributed by atoms with Crippen LogP contribution in [-0.4, -0.2) is 36.2 Å². The number of carbonyl (C=O) groups excluding carboxylic acids is 1. The molecular formula is C12H23N5O2. The number of hydrogen-bond donors (Lipinski definition) is 3. The van der Waals surface area contributed by atoms with Crippen molar-refractivity contribution in [2.24, 2.45) is 5.92 Å². The average molecular weight is 269 g/mol. The van der Waals surface area contributed by atoms with Gasteiger partial charge in [0.15, 0.2) is 0 Å². The van der Waals surface area contributed by atoms with E-state index < -0.39 is 0 Å². The summed E-state index contributed by atoms with van der Waals surface area (Å²) in [5.41, 5.74) is 0. The number of rotatable bonds is 8. The van der Waals surface area contributed by atoms with Gasteiger partial charge in [0.05, 0.1) is 6.04 Å². The third kappa shape index (κ3) is 5.69. The zero-order valence-electron chi connectivity index (χ0n) is 12.0. The molecule has 0 spiro atoms. The van der Waals surface area contributed by atoms with Gasteiger partial charge in [-0.15, -0.1) is 5.10 Å². The second-order valence-electron chi connectivity index (χ2n) is 4.83. The molecule has 0 radical (unpaired) electrons. The molecule has 7 heteroatoms. The van der Waals surface area contributed by atoms with Crippen LogP contribution >= 0.6 is 0 Å². The molecule has 7 nitrogen and oxygen atoms in total. The highest BCUT2D eigenvalue weighted by Gasteiger charge is 2.11. The van der Waals surface area contributed by atoms with Gasteiger partial charge in [-0.3, -0.25) is 4.79 Å². The lowest BCUT2D eigenvalue weighted by Gasteiger charge is -2.07. The van der Waals surface area contributed by atoms with Crippen LogP contribution in [0, 0.1) is 5.92 Å². The van der Waals surface area contributed by atoms with E-state index in [-0.39, 0.29) is 11.9 Å². The van der Waals surface area contributed by atoms with E-state index in [4.69, 9.17) is 4.42 Å². The molecule has 0 aliphatic rings. The summed E-state index contributed by atoms with van der Waals surface area (Å²) < 4.78 is 5.39. The van der Waals surface area contributed by atoms with Gasteiger partial charge in [-0.25, -0.2) is 0 Å². The van der Waals surface area contributed by atoms with Crippen molar-refractivity contribution in [3.8, 4) is 0 Å². The fourth-order valence-electron chi connectivity index (χ4n) is 1.29. The van der Waals surface area contributed by atoms with Crippen molar-refractivity contribution in [1.29, 1.82) is 0 Å². The Morgan fingerprint density at radius 1 is 1.32 bits per heavy atom. The topological polar surface area (TPSA) is 92.1 Å². The number of carbonyl (C=O) groups is 1. The molecule has 0 aliphatic heterocycles. The number of aromatic nitrogens is 2. The van der Waals surface area contributed by atoms with Crippen LogP contribution in [-0.2, 0) is 4.79 Å². The molecule has 19 heavy (non-hydrogen) atoms. The number of amides is 1. The van der Waals surface area contributed by atoms with E-state index in [1.165, 1.54) is 0 Å². The minimum absolute atomic E-state index is 0.0115. The standard InChI is InChI=1S/C12H23N5O2/c1-8(2)7-15-10(18)5-6-14-12-17-16-11(19-12)9(3)13-4/h8-9,13H,5-7H2,1-4H3,(H,14,17)(H,15,18). The van der Waals surface area contributed by atoms with E-state index >= 15 is 0 Å². The van der Waals surface area contributed by atoms with Gasteiger partial charge in [0.25, 0.3) is 0 Å². The predicted octanol–water partition coefficient (Wildman–Crippen LogP) is 0.924. The van der Waals surface area contributed by atoms with Crippen molar-refractivity contribution in [2.75, 3.05) is 25.5 Å². The van der Waals surface area contributed by atoms with Gasteiger partial charge in [0.2, 0.25) is 11.8 Å². The number of nitrogens with one attached hydrogen (secondary N) is 3. The highest BCUT2D eigenvalue weighted by atomic mass is 16.4. The predicted molar refractivity (Wildman–Crippen MR) is 72.7 cm³/mol. The first kappa shape index (κ1) is 15.4. The Bertz CT molecular complexity index is 391. The first-order valence-corrected chi connectivity index (χ1v) is 6.54. The van der Waals surface area contributed by atoms with E-state index in [1.54, 1.807) is 0 Å². The molecule has 108 valence electrons. The van der Waals surface area contributed by atoms with Crippen molar-refractivity contribution in [3.05, 3.63) is 5.89 Å². The molecular weight excluding hydrogens is 246 g/mol. The summed E-state index contributed by atoms with van der Waals surface area (Å²) in [6.07, 6.45) is 0.381. The van der Waals surface area contributed by atoms with Crippen molar-refractivity contribution in [3.63, 3.8) is 0 Å². The van der Waals surface area contributed by atoms with E-state index in [9.17, 15) is 4.79 Å². The zero-order chi connectivity index (χ0) is 14.3. The Morgan fingerprint density at radius 2 is 2.05 bits per heavy atom. The molecule has 0 saturated heterocycles. The van der Waals surface area contributed by atoms with Crippen LogP contribution in [0.15, 0.2) is 4.42 Å². The fraction of sp³-hybridized carbons (Fsp3) is 0.750. The third-order valence-electron chi connectivity index (χ3n) is 2.58. The smallest absolute Gasteiger partial charge is 0.315 e. The second-order valence-corrected chi connectivity index (χ2v) is 4.83. The maximum absolute atomic E-state index is 11.5. The molecule has 1 aromatic heterocycles. The van der Waals surface area contributed by atoms with Crippen LogP contribution in [0.2, 0.25) is 0 Å². The van der Waals surface area contributed by atoms with E-state index in [1.807, 2.05) is 14.0 Å². The van der Waals surface area contributed by atoms with Crippen molar-refractivity contribution in [1.82, 2.24) is 20.8 Å². The molecule has 1 unspecified atom stereocenters. The maximum Gasteiger partial charge on any atom is 0.315 e. The number of nitrogens with zero attached hydrogens (tertiary/aromatic N) is 2. The highest BCUT2D eigenvalue weighted by Crippen LogP contribution is 2.12. The third-order valence-corrected chi connectivity index (χ3v) is 2.58. The largest absolute Gasteiger partial charge is 0.406 e. The molecule has 1 amide bonds. The minimum atomic E-state index is 0.0115. The quantitative estimate of drug-likeness (QED) is 0.650. The Balaban J connectivity index is 2.25. The molecule has 1 rings (SSSR count). The average Bonchev–Trinajstić information content (AvgIpc) is 2.84. The fourth-order valence-corrected chi connectivity index (χ4v) is 1.29. The van der Waals surface area contributed by atoms with Crippen molar-refractivity contribution in [2.45, 2.75) is 33.2 Å². The van der Waals surface area contributed by atoms with Crippen molar-refractivity contribution >= 4 is 11.9 Å². The Labute approximate surface area is 113 Å². The second kappa shape index (κ2) is 7.73. The SMILES string of the molecule is CNC(C)c1nnc(NCCC(=O)NCC(C)C)o1. The summed E-state index contributed by atoms with van der Waals surface area (Å²) in [6, 6.07) is 0.353. The Hall–Kier alpha value is -1.63. The van der Waals surface area contributed by atoms with E-state index in [0.29, 0.717) is 37.3 Å². The normalized spacial score (nSPS) is 12.5. The lowest BCUT2D eigenvalue weighted by molar-refractivity contribution is -0.120. The Morgan fingerprint density at radius 3 is 2.68 bits per heavy atom. The summed E-state index contributed by atoms with van der Waals surface area (Å²) in [4.78, 5) is 11.5. The lowest BCUT2D eigenvalue weighted by Crippen LogP contribution is -2.28. The molecule has 1 atom stereocenters. The van der Waals surface area contributed by atoms with E-state index in [0.717, 1.165) is 0 Å². The summed E-state index contributed by atoms with van der Waals surface area (Å²) in [5, 5.41) is 16.5. The summed E-state index contributed by atoms with van der Waals surface area (Å²) in [7, 11) is 1.82. The summed E-state index contributed by atoms with van der Waals surface area (Å²) in [5.74, 6) is 0.997. The monoisotopic (exact) mass is 269 g/mol. The van der Waals surface area contributed by atoms with E-state index in [2.05, 4.69) is 40.0 Å². The Kier molecular flexibility index (Phi) is 6.27. The molecule has 1 aromatic rings. The lowest BCUT2D eigenvalue weighted by atomic mass is 10.2. The van der Waals surface area contributed by atoms with Gasteiger partial charge in [-0.1, -0.05) is 18.9 Å². The molecule has 3 N–H and O–H groups in total. The molecule has 0 saturated carbocycles. The number of anilines is 1. The van der Waals surface area contributed by atoms with Crippen LogP contribution in [0.3, 0.4) is 0 Å². The van der Waals surface area contributed by atoms with Gasteiger partial charge in [0.1, 0.15) is 0 Å². The van der Waals surface area contributed by atoms with Crippen LogP contribution in [0.4, 0.5) is 6.01 Å². The van der Waals surface area contributed by atoms with Gasteiger partial charge in [0, 0.05) is 19.5 Å². The highest BCUT2D eigenvalue weighted by molar-refractivity contribution is 5.76. The first-order valence-electron chi connectivity index (χ1n) is 6.54. The molecule has 0 aromatic carbocycles. The van der Waals surface area contributed by atoms with Crippen molar-refractivity contribution < 1.29 is 9.21 Å². The van der Waals surface area contributed by atoms with Gasteiger partial charge in [-0.2, -0.15) is 0 Å². The molecule has 1 heterocycles. The van der Waals surface area contributed by atoms with Gasteiger partial charge >= 0.3 is 6.01 Å².